The van der Waals surface area contributed by atoms with E-state index in [-0.39, 0.29) is 28.6 Å². The molecule has 3 aromatic rings. The highest BCUT2D eigenvalue weighted by atomic mass is 35.5. The first-order valence-corrected chi connectivity index (χ1v) is 10.7. The van der Waals surface area contributed by atoms with E-state index in [0.29, 0.717) is 10.7 Å². The molecule has 0 N–H and O–H groups in total. The minimum Gasteiger partial charge on any atom is -0.463 e. The van der Waals surface area contributed by atoms with Gasteiger partial charge in [-0.15, -0.1) is 0 Å². The van der Waals surface area contributed by atoms with Crippen LogP contribution < -0.4 is 4.31 Å². The molecule has 0 atom stereocenters. The number of nitrogens with zero attached hydrogens (tertiary/aromatic N) is 1. The summed E-state index contributed by atoms with van der Waals surface area (Å²) in [5.41, 5.74) is 0.417. The second kappa shape index (κ2) is 9.23. The van der Waals surface area contributed by atoms with Gasteiger partial charge < -0.3 is 13.9 Å². The largest absolute Gasteiger partial charge is 0.463 e. The Hall–Kier alpha value is -3.30. The van der Waals surface area contributed by atoms with E-state index in [1.807, 2.05) is 0 Å². The van der Waals surface area contributed by atoms with Crippen molar-refractivity contribution in [2.75, 3.05) is 18.5 Å². The van der Waals surface area contributed by atoms with E-state index in [1.54, 1.807) is 18.2 Å². The molecule has 10 heteroatoms. The Labute approximate surface area is 184 Å². The lowest BCUT2D eigenvalue weighted by atomic mass is 10.2. The molecule has 0 aliphatic carbocycles. The highest BCUT2D eigenvalue weighted by Gasteiger charge is 2.23. The maximum absolute atomic E-state index is 13.0. The molecule has 0 aliphatic heterocycles. The second-order valence-corrected chi connectivity index (χ2v) is 8.72. The van der Waals surface area contributed by atoms with Crippen LogP contribution in [0.1, 0.15) is 26.7 Å². The van der Waals surface area contributed by atoms with E-state index in [0.717, 1.165) is 4.31 Å². The number of rotatable bonds is 7. The van der Waals surface area contributed by atoms with Crippen molar-refractivity contribution in [3.63, 3.8) is 0 Å². The Morgan fingerprint density at radius 3 is 2.48 bits per heavy atom. The number of esters is 2. The van der Waals surface area contributed by atoms with Crippen LogP contribution in [0.2, 0.25) is 5.02 Å². The Bertz CT molecular complexity index is 1220. The molecule has 0 bridgehead atoms. The van der Waals surface area contributed by atoms with Crippen molar-refractivity contribution in [1.82, 2.24) is 0 Å². The van der Waals surface area contributed by atoms with E-state index in [2.05, 4.69) is 4.74 Å². The van der Waals surface area contributed by atoms with Crippen LogP contribution in [-0.4, -0.2) is 34.5 Å². The van der Waals surface area contributed by atoms with Crippen molar-refractivity contribution < 1.29 is 31.9 Å². The highest BCUT2D eigenvalue weighted by molar-refractivity contribution is 7.92. The zero-order valence-corrected chi connectivity index (χ0v) is 18.1. The highest BCUT2D eigenvalue weighted by Crippen LogP contribution is 2.25. The third-order valence-electron chi connectivity index (χ3n) is 4.29. The van der Waals surface area contributed by atoms with Crippen LogP contribution >= 0.6 is 11.6 Å². The summed E-state index contributed by atoms with van der Waals surface area (Å²) in [6.45, 7) is -0.241. The van der Waals surface area contributed by atoms with Crippen molar-refractivity contribution in [1.29, 1.82) is 0 Å². The number of halogens is 1. The monoisotopic (exact) mass is 463 g/mol. The molecule has 0 radical (unpaired) electrons. The summed E-state index contributed by atoms with van der Waals surface area (Å²) in [4.78, 5) is 23.7. The Kier molecular flexibility index (Phi) is 6.67. The number of carbonyl (C=O) groups is 2. The third-order valence-corrected chi connectivity index (χ3v) is 6.31. The third kappa shape index (κ3) is 5.07. The number of hydrogen-bond donors (Lipinski definition) is 0. The zero-order valence-electron chi connectivity index (χ0n) is 16.6. The first kappa shape index (κ1) is 22.4. The van der Waals surface area contributed by atoms with Crippen molar-refractivity contribution in [3.8, 4) is 0 Å². The molecule has 1 aromatic heterocycles. The molecule has 0 aliphatic rings. The van der Waals surface area contributed by atoms with Gasteiger partial charge >= 0.3 is 11.9 Å². The maximum atomic E-state index is 13.0. The van der Waals surface area contributed by atoms with Gasteiger partial charge in [0.15, 0.2) is 0 Å². The van der Waals surface area contributed by atoms with E-state index in [4.69, 9.17) is 20.8 Å². The van der Waals surface area contributed by atoms with Crippen LogP contribution in [0.25, 0.3) is 0 Å². The summed E-state index contributed by atoms with van der Waals surface area (Å²) in [5.74, 6) is -1.19. The van der Waals surface area contributed by atoms with E-state index in [9.17, 15) is 18.0 Å². The lowest BCUT2D eigenvalue weighted by Crippen LogP contribution is -2.26. The number of furan rings is 1. The Morgan fingerprint density at radius 2 is 1.77 bits per heavy atom. The van der Waals surface area contributed by atoms with E-state index >= 15 is 0 Å². The van der Waals surface area contributed by atoms with Crippen molar-refractivity contribution in [2.24, 2.45) is 0 Å². The number of methoxy groups -OCH3 is 1. The van der Waals surface area contributed by atoms with Crippen LogP contribution in [-0.2, 0) is 26.1 Å². The molecule has 2 aromatic carbocycles. The molecule has 0 fully saturated rings. The Morgan fingerprint density at radius 1 is 1.03 bits per heavy atom. The number of sulfonamides is 1. The average molecular weight is 464 g/mol. The quantitative estimate of drug-likeness (QED) is 0.489. The molecule has 31 heavy (non-hydrogen) atoms. The molecule has 0 saturated heterocycles. The molecular formula is C21H18ClNO7S. The lowest BCUT2D eigenvalue weighted by Gasteiger charge is -2.20. The predicted octanol–water partition coefficient (Wildman–Crippen LogP) is 3.90. The normalized spacial score (nSPS) is 11.1. The molecule has 0 amide bonds. The van der Waals surface area contributed by atoms with Gasteiger partial charge in [-0.05, 0) is 48.5 Å². The smallest absolute Gasteiger partial charge is 0.373 e. The van der Waals surface area contributed by atoms with Crippen molar-refractivity contribution >= 4 is 39.3 Å². The minimum atomic E-state index is -3.94. The van der Waals surface area contributed by atoms with Gasteiger partial charge in [0.05, 0.1) is 23.3 Å². The van der Waals surface area contributed by atoms with Crippen LogP contribution in [0.3, 0.4) is 0 Å². The van der Waals surface area contributed by atoms with Gasteiger partial charge in [0.2, 0.25) is 5.76 Å². The number of anilines is 1. The summed E-state index contributed by atoms with van der Waals surface area (Å²) in [6.07, 6.45) is 0. The molecular weight excluding hydrogens is 446 g/mol. The molecule has 162 valence electrons. The first-order valence-electron chi connectivity index (χ1n) is 8.91. The van der Waals surface area contributed by atoms with Crippen LogP contribution in [0, 0.1) is 0 Å². The van der Waals surface area contributed by atoms with Gasteiger partial charge in [0.25, 0.3) is 10.0 Å². The number of benzene rings is 2. The summed E-state index contributed by atoms with van der Waals surface area (Å²) < 4.78 is 41.9. The fourth-order valence-corrected chi connectivity index (χ4v) is 4.06. The van der Waals surface area contributed by atoms with Gasteiger partial charge in [-0.25, -0.2) is 18.0 Å². The number of hydrogen-bond acceptors (Lipinski definition) is 7. The fourth-order valence-electron chi connectivity index (χ4n) is 2.64. The second-order valence-electron chi connectivity index (χ2n) is 6.31. The van der Waals surface area contributed by atoms with Crippen LogP contribution in [0.5, 0.6) is 0 Å². The van der Waals surface area contributed by atoms with E-state index in [1.165, 1.54) is 56.6 Å². The van der Waals surface area contributed by atoms with Gasteiger partial charge in [-0.1, -0.05) is 23.7 Å². The predicted molar refractivity (Wildman–Crippen MR) is 113 cm³/mol. The molecule has 0 unspecified atom stereocenters. The molecule has 8 nitrogen and oxygen atoms in total. The SMILES string of the molecule is COC(=O)c1ccc(COC(=O)c2cccc(S(=O)(=O)N(C)c3cccc(Cl)c3)c2)o1. The van der Waals surface area contributed by atoms with Gasteiger partial charge in [-0.3, -0.25) is 4.31 Å². The topological polar surface area (TPSA) is 103 Å². The maximum Gasteiger partial charge on any atom is 0.373 e. The fraction of sp³-hybridized carbons (Fsp3) is 0.143. The minimum absolute atomic E-state index is 0.0225. The van der Waals surface area contributed by atoms with Crippen LogP contribution in [0.15, 0.2) is 70.0 Å². The molecule has 1 heterocycles. The first-order chi connectivity index (χ1) is 14.7. The molecule has 0 spiro atoms. The van der Waals surface area contributed by atoms with Gasteiger partial charge in [-0.2, -0.15) is 0 Å². The van der Waals surface area contributed by atoms with Crippen molar-refractivity contribution in [3.05, 3.63) is 82.8 Å². The van der Waals surface area contributed by atoms with Crippen LogP contribution in [0.4, 0.5) is 5.69 Å². The Balaban J connectivity index is 1.75. The summed E-state index contributed by atoms with van der Waals surface area (Å²) in [6, 6.07) is 14.7. The standard InChI is InChI=1S/C21H18ClNO7S/c1-23(16-7-4-6-15(22)12-16)31(26,27)18-8-3-5-14(11-18)20(24)29-13-17-9-10-19(30-17)21(25)28-2/h3-12H,13H2,1-2H3. The number of ether oxygens (including phenoxy) is 2. The van der Waals surface area contributed by atoms with Gasteiger partial charge in [0.1, 0.15) is 12.4 Å². The summed E-state index contributed by atoms with van der Waals surface area (Å²) in [5, 5.41) is 0.394. The van der Waals surface area contributed by atoms with Crippen molar-refractivity contribution in [2.45, 2.75) is 11.5 Å². The molecule has 0 saturated carbocycles. The number of carbonyl (C=O) groups excluding carboxylic acids is 2. The lowest BCUT2D eigenvalue weighted by molar-refractivity contribution is 0.0438. The molecule has 3 rings (SSSR count). The average Bonchev–Trinajstić information content (AvgIpc) is 3.25. The zero-order chi connectivity index (χ0) is 22.6. The summed E-state index contributed by atoms with van der Waals surface area (Å²) >= 11 is 5.95. The van der Waals surface area contributed by atoms with Gasteiger partial charge in [0, 0.05) is 12.1 Å². The summed E-state index contributed by atoms with van der Waals surface area (Å²) in [7, 11) is -1.34. The van der Waals surface area contributed by atoms with E-state index < -0.39 is 22.0 Å².